The van der Waals surface area contributed by atoms with Crippen molar-refractivity contribution >= 4 is 11.4 Å². The normalized spacial score (nSPS) is 21.4. The van der Waals surface area contributed by atoms with Crippen molar-refractivity contribution in [3.63, 3.8) is 0 Å². The SMILES string of the molecule is Fc1ccc(N2CC3(COc4cc5c(cc43)OCCO5)c3ccccc32)cc1. The predicted molar refractivity (Wildman–Crippen MR) is 104 cm³/mol. The summed E-state index contributed by atoms with van der Waals surface area (Å²) in [6.45, 7) is 2.39. The van der Waals surface area contributed by atoms with Crippen molar-refractivity contribution in [2.75, 3.05) is 31.3 Å². The molecule has 1 atom stereocenters. The molecular weight excluding hydrogens is 357 g/mol. The molecule has 3 aromatic carbocycles. The number of para-hydroxylation sites is 1. The van der Waals surface area contributed by atoms with Crippen LogP contribution >= 0.6 is 0 Å². The average molecular weight is 375 g/mol. The fourth-order valence-electron chi connectivity index (χ4n) is 4.60. The minimum Gasteiger partial charge on any atom is -0.492 e. The second-order valence-electron chi connectivity index (χ2n) is 7.44. The topological polar surface area (TPSA) is 30.9 Å². The predicted octanol–water partition coefficient (Wildman–Crippen LogP) is 4.43. The number of fused-ring (bicyclic) bond motifs is 5. The summed E-state index contributed by atoms with van der Waals surface area (Å²) in [5, 5.41) is 0. The van der Waals surface area contributed by atoms with E-state index in [1.165, 1.54) is 17.7 Å². The first-order chi connectivity index (χ1) is 13.7. The van der Waals surface area contributed by atoms with E-state index in [1.54, 1.807) is 0 Å². The molecule has 0 saturated carbocycles. The highest BCUT2D eigenvalue weighted by Crippen LogP contribution is 2.55. The van der Waals surface area contributed by atoms with Gasteiger partial charge in [-0.05, 0) is 42.0 Å². The van der Waals surface area contributed by atoms with Crippen LogP contribution in [0.3, 0.4) is 0 Å². The van der Waals surface area contributed by atoms with Crippen molar-refractivity contribution < 1.29 is 18.6 Å². The number of hydrogen-bond acceptors (Lipinski definition) is 4. The van der Waals surface area contributed by atoms with E-state index in [2.05, 4.69) is 29.2 Å². The molecule has 6 rings (SSSR count). The van der Waals surface area contributed by atoms with E-state index in [0.717, 1.165) is 40.7 Å². The summed E-state index contributed by atoms with van der Waals surface area (Å²) in [6.07, 6.45) is 0. The summed E-state index contributed by atoms with van der Waals surface area (Å²) in [5.74, 6) is 2.13. The van der Waals surface area contributed by atoms with E-state index >= 15 is 0 Å². The summed E-state index contributed by atoms with van der Waals surface area (Å²) in [6, 6.07) is 19.0. The standard InChI is InChI=1S/C23H18FNO3/c24-15-5-7-16(8-6-15)25-13-23(17-3-1-2-4-19(17)25)14-28-20-12-22-21(11-18(20)23)26-9-10-27-22/h1-8,11-12H,9-10,13-14H2. The lowest BCUT2D eigenvalue weighted by Gasteiger charge is -2.26. The lowest BCUT2D eigenvalue weighted by molar-refractivity contribution is 0.171. The number of anilines is 2. The molecule has 3 aliphatic rings. The molecule has 1 spiro atoms. The number of hydrogen-bond donors (Lipinski definition) is 0. The van der Waals surface area contributed by atoms with Crippen molar-refractivity contribution in [3.8, 4) is 17.2 Å². The van der Waals surface area contributed by atoms with Crippen LogP contribution in [0.4, 0.5) is 15.8 Å². The lowest BCUT2D eigenvalue weighted by Crippen LogP contribution is -2.34. The van der Waals surface area contributed by atoms with E-state index in [-0.39, 0.29) is 11.2 Å². The van der Waals surface area contributed by atoms with Crippen LogP contribution in [-0.2, 0) is 5.41 Å². The van der Waals surface area contributed by atoms with Crippen molar-refractivity contribution in [1.82, 2.24) is 0 Å². The zero-order valence-corrected chi connectivity index (χ0v) is 15.2. The van der Waals surface area contributed by atoms with Crippen LogP contribution in [0.2, 0.25) is 0 Å². The molecule has 0 bridgehead atoms. The Labute approximate surface area is 162 Å². The molecule has 0 radical (unpaired) electrons. The molecule has 0 saturated heterocycles. The molecule has 1 unspecified atom stereocenters. The molecule has 3 aliphatic heterocycles. The second kappa shape index (κ2) is 5.64. The Hall–Kier alpha value is -3.21. The molecule has 4 nitrogen and oxygen atoms in total. The van der Waals surface area contributed by atoms with Gasteiger partial charge in [-0.1, -0.05) is 18.2 Å². The Morgan fingerprint density at radius 2 is 1.54 bits per heavy atom. The van der Waals surface area contributed by atoms with Crippen LogP contribution in [0, 0.1) is 5.82 Å². The van der Waals surface area contributed by atoms with Crippen LogP contribution in [0.1, 0.15) is 11.1 Å². The summed E-state index contributed by atoms with van der Waals surface area (Å²) in [4.78, 5) is 2.24. The van der Waals surface area contributed by atoms with Gasteiger partial charge in [0.25, 0.3) is 0 Å². The summed E-state index contributed by atoms with van der Waals surface area (Å²) >= 11 is 0. The maximum atomic E-state index is 13.5. The van der Waals surface area contributed by atoms with Gasteiger partial charge in [0, 0.05) is 29.5 Å². The number of ether oxygens (including phenoxy) is 3. The van der Waals surface area contributed by atoms with Gasteiger partial charge in [-0.3, -0.25) is 0 Å². The maximum Gasteiger partial charge on any atom is 0.165 e. The van der Waals surface area contributed by atoms with Crippen LogP contribution < -0.4 is 19.1 Å². The molecule has 28 heavy (non-hydrogen) atoms. The van der Waals surface area contributed by atoms with Crippen molar-refractivity contribution in [1.29, 1.82) is 0 Å². The first kappa shape index (κ1) is 15.8. The van der Waals surface area contributed by atoms with Gasteiger partial charge < -0.3 is 19.1 Å². The molecule has 0 amide bonds. The van der Waals surface area contributed by atoms with E-state index in [4.69, 9.17) is 14.2 Å². The van der Waals surface area contributed by atoms with Crippen molar-refractivity contribution in [2.45, 2.75) is 5.41 Å². The van der Waals surface area contributed by atoms with Gasteiger partial charge in [0.1, 0.15) is 31.4 Å². The summed E-state index contributed by atoms with van der Waals surface area (Å²) in [5.41, 5.74) is 4.14. The Bertz CT molecular complexity index is 1080. The molecule has 3 heterocycles. The molecule has 140 valence electrons. The fraction of sp³-hybridized carbons (Fsp3) is 0.217. The van der Waals surface area contributed by atoms with Crippen molar-refractivity contribution in [2.24, 2.45) is 0 Å². The van der Waals surface area contributed by atoms with Gasteiger partial charge in [-0.15, -0.1) is 0 Å². The van der Waals surface area contributed by atoms with Gasteiger partial charge in [0.05, 0.1) is 5.41 Å². The number of benzene rings is 3. The van der Waals surface area contributed by atoms with Crippen molar-refractivity contribution in [3.05, 3.63) is 77.6 Å². The molecule has 0 aromatic heterocycles. The highest BCUT2D eigenvalue weighted by molar-refractivity contribution is 5.77. The molecule has 0 N–H and O–H groups in total. The molecular formula is C23H18FNO3. The van der Waals surface area contributed by atoms with Crippen LogP contribution in [0.25, 0.3) is 0 Å². The van der Waals surface area contributed by atoms with Crippen LogP contribution in [0.15, 0.2) is 60.7 Å². The molecule has 5 heteroatoms. The van der Waals surface area contributed by atoms with Crippen LogP contribution in [0.5, 0.6) is 17.2 Å². The quantitative estimate of drug-likeness (QED) is 0.630. The first-order valence-electron chi connectivity index (χ1n) is 9.44. The first-order valence-corrected chi connectivity index (χ1v) is 9.44. The number of halogens is 1. The third-order valence-electron chi connectivity index (χ3n) is 5.91. The van der Waals surface area contributed by atoms with Crippen LogP contribution in [-0.4, -0.2) is 26.4 Å². The number of rotatable bonds is 1. The van der Waals surface area contributed by atoms with Gasteiger partial charge >= 0.3 is 0 Å². The monoisotopic (exact) mass is 375 g/mol. The summed E-state index contributed by atoms with van der Waals surface area (Å²) < 4.78 is 31.1. The molecule has 3 aromatic rings. The molecule has 0 aliphatic carbocycles. The van der Waals surface area contributed by atoms with Gasteiger partial charge in [-0.25, -0.2) is 4.39 Å². The minimum atomic E-state index is -0.295. The Morgan fingerprint density at radius 1 is 0.786 bits per heavy atom. The number of nitrogens with zero attached hydrogens (tertiary/aromatic N) is 1. The highest BCUT2D eigenvalue weighted by Gasteiger charge is 2.50. The van der Waals surface area contributed by atoms with E-state index in [9.17, 15) is 4.39 Å². The van der Waals surface area contributed by atoms with E-state index in [1.807, 2.05) is 24.3 Å². The minimum absolute atomic E-state index is 0.232. The second-order valence-corrected chi connectivity index (χ2v) is 7.44. The fourth-order valence-corrected chi connectivity index (χ4v) is 4.60. The Kier molecular flexibility index (Phi) is 3.19. The smallest absolute Gasteiger partial charge is 0.165 e. The zero-order valence-electron chi connectivity index (χ0n) is 15.2. The lowest BCUT2D eigenvalue weighted by atomic mass is 9.77. The van der Waals surface area contributed by atoms with Gasteiger partial charge in [0.2, 0.25) is 0 Å². The third kappa shape index (κ3) is 2.10. The Balaban J connectivity index is 1.52. The maximum absolute atomic E-state index is 13.5. The van der Waals surface area contributed by atoms with E-state index in [0.29, 0.717) is 19.8 Å². The van der Waals surface area contributed by atoms with Gasteiger partial charge in [0.15, 0.2) is 11.5 Å². The third-order valence-corrected chi connectivity index (χ3v) is 5.91. The Morgan fingerprint density at radius 3 is 2.36 bits per heavy atom. The summed E-state index contributed by atoms with van der Waals surface area (Å²) in [7, 11) is 0. The highest BCUT2D eigenvalue weighted by atomic mass is 19.1. The van der Waals surface area contributed by atoms with Gasteiger partial charge in [-0.2, -0.15) is 0 Å². The average Bonchev–Trinajstić information content (AvgIpc) is 3.26. The molecule has 0 fully saturated rings. The zero-order chi connectivity index (χ0) is 18.7. The largest absolute Gasteiger partial charge is 0.492 e. The van der Waals surface area contributed by atoms with E-state index < -0.39 is 0 Å².